The predicted octanol–water partition coefficient (Wildman–Crippen LogP) is 2.42. The molecule has 0 heterocycles. The second-order valence-electron chi connectivity index (χ2n) is 4.93. The Morgan fingerprint density at radius 2 is 2.00 bits per heavy atom. The molecule has 0 amide bonds. The summed E-state index contributed by atoms with van der Waals surface area (Å²) >= 11 is 0. The molecule has 1 saturated carbocycles. The van der Waals surface area contributed by atoms with Gasteiger partial charge in [-0.25, -0.2) is 0 Å². The van der Waals surface area contributed by atoms with Crippen LogP contribution in [-0.2, 0) is 4.79 Å². The van der Waals surface area contributed by atoms with Crippen LogP contribution in [0.15, 0.2) is 24.3 Å². The van der Waals surface area contributed by atoms with Crippen LogP contribution >= 0.6 is 0 Å². The zero-order valence-electron chi connectivity index (χ0n) is 9.58. The van der Waals surface area contributed by atoms with Crippen molar-refractivity contribution < 1.29 is 14.8 Å². The number of hydrogen-bond donors (Lipinski definition) is 1. The normalized spacial score (nSPS) is 25.3. The third-order valence-electron chi connectivity index (χ3n) is 3.56. The quantitative estimate of drug-likeness (QED) is 0.644. The van der Waals surface area contributed by atoms with E-state index in [0.29, 0.717) is 5.56 Å². The van der Waals surface area contributed by atoms with Crippen LogP contribution in [0.3, 0.4) is 0 Å². The summed E-state index contributed by atoms with van der Waals surface area (Å²) in [5, 5.41) is 20.0. The molecule has 0 aromatic heterocycles. The van der Waals surface area contributed by atoms with Crippen LogP contribution in [0.5, 0.6) is 0 Å². The number of carbonyl (C=O) groups is 1. The molecule has 0 saturated heterocycles. The fourth-order valence-electron chi connectivity index (χ4n) is 2.60. The summed E-state index contributed by atoms with van der Waals surface area (Å²) in [4.78, 5) is 21.5. The van der Waals surface area contributed by atoms with Crippen molar-refractivity contribution >= 4 is 11.7 Å². The maximum absolute atomic E-state index is 11.1. The highest BCUT2D eigenvalue weighted by atomic mass is 16.6. The Kier molecular flexibility index (Phi) is 2.41. The van der Waals surface area contributed by atoms with Gasteiger partial charge in [-0.05, 0) is 5.41 Å². The van der Waals surface area contributed by atoms with Crippen molar-refractivity contribution in [2.75, 3.05) is 0 Å². The van der Waals surface area contributed by atoms with E-state index in [2.05, 4.69) is 0 Å². The van der Waals surface area contributed by atoms with E-state index < -0.39 is 22.2 Å². The lowest BCUT2D eigenvalue weighted by atomic mass is 10.0. The van der Waals surface area contributed by atoms with Crippen LogP contribution in [0.4, 0.5) is 5.69 Å². The van der Waals surface area contributed by atoms with Crippen molar-refractivity contribution in [3.05, 3.63) is 39.9 Å². The molecule has 1 aromatic rings. The fraction of sp³-hybridized carbons (Fsp3) is 0.417. The van der Waals surface area contributed by atoms with Gasteiger partial charge in [-0.1, -0.05) is 32.0 Å². The van der Waals surface area contributed by atoms with Gasteiger partial charge < -0.3 is 5.11 Å². The Morgan fingerprint density at radius 1 is 1.41 bits per heavy atom. The Labute approximate surface area is 98.2 Å². The molecule has 2 rings (SSSR count). The van der Waals surface area contributed by atoms with Crippen molar-refractivity contribution in [3.8, 4) is 0 Å². The molecule has 90 valence electrons. The van der Waals surface area contributed by atoms with E-state index >= 15 is 0 Å². The van der Waals surface area contributed by atoms with E-state index in [1.54, 1.807) is 18.2 Å². The zero-order chi connectivity index (χ0) is 12.8. The van der Waals surface area contributed by atoms with Gasteiger partial charge in [0.05, 0.1) is 10.8 Å². The molecule has 1 N–H and O–H groups in total. The van der Waals surface area contributed by atoms with E-state index in [1.165, 1.54) is 6.07 Å². The van der Waals surface area contributed by atoms with Crippen molar-refractivity contribution in [2.24, 2.45) is 11.3 Å². The number of carboxylic acids is 1. The molecule has 5 nitrogen and oxygen atoms in total. The Morgan fingerprint density at radius 3 is 2.47 bits per heavy atom. The second kappa shape index (κ2) is 3.55. The van der Waals surface area contributed by atoms with Gasteiger partial charge in [0.15, 0.2) is 0 Å². The lowest BCUT2D eigenvalue weighted by Crippen LogP contribution is -2.03. The molecule has 1 aromatic carbocycles. The second-order valence-corrected chi connectivity index (χ2v) is 4.93. The minimum atomic E-state index is -0.891. The van der Waals surface area contributed by atoms with Gasteiger partial charge in [0.2, 0.25) is 0 Å². The Bertz CT molecular complexity index is 495. The van der Waals surface area contributed by atoms with E-state index in [-0.39, 0.29) is 11.6 Å². The molecule has 1 fully saturated rings. The van der Waals surface area contributed by atoms with Crippen LogP contribution in [0.25, 0.3) is 0 Å². The molecular weight excluding hydrogens is 222 g/mol. The molecular formula is C12H13NO4. The first-order chi connectivity index (χ1) is 7.87. The first-order valence-corrected chi connectivity index (χ1v) is 5.33. The van der Waals surface area contributed by atoms with Gasteiger partial charge >= 0.3 is 5.97 Å². The van der Waals surface area contributed by atoms with Gasteiger partial charge in [0.25, 0.3) is 5.69 Å². The highest BCUT2D eigenvalue weighted by Crippen LogP contribution is 2.65. The molecule has 2 atom stereocenters. The number of nitro groups is 1. The third-order valence-corrected chi connectivity index (χ3v) is 3.56. The summed E-state index contributed by atoms with van der Waals surface area (Å²) in [6, 6.07) is 6.36. The summed E-state index contributed by atoms with van der Waals surface area (Å²) in [6.45, 7) is 3.65. The molecule has 0 spiro atoms. The summed E-state index contributed by atoms with van der Waals surface area (Å²) < 4.78 is 0. The molecule has 1 aliphatic carbocycles. The molecule has 17 heavy (non-hydrogen) atoms. The van der Waals surface area contributed by atoms with Gasteiger partial charge in [-0.2, -0.15) is 0 Å². The number of rotatable bonds is 3. The fourth-order valence-corrected chi connectivity index (χ4v) is 2.60. The largest absolute Gasteiger partial charge is 0.481 e. The highest BCUT2D eigenvalue weighted by molar-refractivity contribution is 5.78. The van der Waals surface area contributed by atoms with Gasteiger partial charge in [-0.3, -0.25) is 14.9 Å². The number of para-hydroxylation sites is 1. The van der Waals surface area contributed by atoms with Crippen LogP contribution in [0.2, 0.25) is 0 Å². The summed E-state index contributed by atoms with van der Waals surface area (Å²) in [5.41, 5.74) is 0.113. The number of nitrogens with zero attached hydrogens (tertiary/aromatic N) is 1. The average Bonchev–Trinajstić information content (AvgIpc) is 2.81. The van der Waals surface area contributed by atoms with Gasteiger partial charge in [-0.15, -0.1) is 0 Å². The van der Waals surface area contributed by atoms with Crippen molar-refractivity contribution in [1.29, 1.82) is 0 Å². The van der Waals surface area contributed by atoms with Crippen LogP contribution in [0, 0.1) is 21.4 Å². The molecule has 5 heteroatoms. The number of benzene rings is 1. The van der Waals surface area contributed by atoms with Crippen LogP contribution in [-0.4, -0.2) is 16.0 Å². The first kappa shape index (κ1) is 11.6. The maximum Gasteiger partial charge on any atom is 0.307 e. The summed E-state index contributed by atoms with van der Waals surface area (Å²) in [7, 11) is 0. The molecule has 0 aliphatic heterocycles. The first-order valence-electron chi connectivity index (χ1n) is 5.33. The summed E-state index contributed by atoms with van der Waals surface area (Å²) in [5.74, 6) is -1.71. The minimum absolute atomic E-state index is 0.00863. The molecule has 0 radical (unpaired) electrons. The lowest BCUT2D eigenvalue weighted by molar-refractivity contribution is -0.385. The van der Waals surface area contributed by atoms with Crippen LogP contribution < -0.4 is 0 Å². The smallest absolute Gasteiger partial charge is 0.307 e. The van der Waals surface area contributed by atoms with E-state index in [9.17, 15) is 14.9 Å². The molecule has 0 bridgehead atoms. The number of carboxylic acid groups (broad SMARTS) is 1. The van der Waals surface area contributed by atoms with Crippen LogP contribution in [0.1, 0.15) is 25.3 Å². The Balaban J connectivity index is 2.44. The average molecular weight is 235 g/mol. The highest BCUT2D eigenvalue weighted by Gasteiger charge is 2.64. The maximum atomic E-state index is 11.1. The predicted molar refractivity (Wildman–Crippen MR) is 60.7 cm³/mol. The minimum Gasteiger partial charge on any atom is -0.481 e. The topological polar surface area (TPSA) is 80.4 Å². The third kappa shape index (κ3) is 1.67. The standard InChI is InChI=1S/C12H13NO4/c1-12(2)9(10(12)11(14)15)7-5-3-4-6-8(7)13(16)17/h3-6,9-10H,1-2H3,(H,14,15). The number of aliphatic carboxylic acids is 1. The van der Waals surface area contributed by atoms with Crippen molar-refractivity contribution in [1.82, 2.24) is 0 Å². The molecule has 1 aliphatic rings. The van der Waals surface area contributed by atoms with Gasteiger partial charge in [0.1, 0.15) is 0 Å². The summed E-state index contributed by atoms with van der Waals surface area (Å²) in [6.07, 6.45) is 0. The monoisotopic (exact) mass is 235 g/mol. The van der Waals surface area contributed by atoms with Crippen molar-refractivity contribution in [3.63, 3.8) is 0 Å². The zero-order valence-corrected chi connectivity index (χ0v) is 9.58. The van der Waals surface area contributed by atoms with E-state index in [0.717, 1.165) is 0 Å². The van der Waals surface area contributed by atoms with Crippen molar-refractivity contribution in [2.45, 2.75) is 19.8 Å². The molecule has 2 unspecified atom stereocenters. The van der Waals surface area contributed by atoms with E-state index in [4.69, 9.17) is 5.11 Å². The lowest BCUT2D eigenvalue weighted by Gasteiger charge is -2.03. The number of nitro benzene ring substituents is 1. The SMILES string of the molecule is CC1(C)C(C(=O)O)C1c1ccccc1[N+](=O)[O-]. The van der Waals surface area contributed by atoms with Gasteiger partial charge in [0, 0.05) is 17.5 Å². The Hall–Kier alpha value is -1.91. The van der Waals surface area contributed by atoms with E-state index in [1.807, 2.05) is 13.8 Å². The number of hydrogen-bond acceptors (Lipinski definition) is 3.